The lowest BCUT2D eigenvalue weighted by molar-refractivity contribution is -0.117. The molecule has 6 heteroatoms. The number of nitrogens with one attached hydrogen (secondary N) is 1. The van der Waals surface area contributed by atoms with Crippen molar-refractivity contribution in [2.24, 2.45) is 0 Å². The Bertz CT molecular complexity index is 658. The Kier molecular flexibility index (Phi) is 4.37. The number of nitrogens with zero attached hydrogens (tertiary/aromatic N) is 2. The smallest absolute Gasteiger partial charge is 0.233 e. The van der Waals surface area contributed by atoms with Gasteiger partial charge in [-0.25, -0.2) is 4.98 Å². The summed E-state index contributed by atoms with van der Waals surface area (Å²) < 4.78 is 5.06. The monoisotopic (exact) mass is 286 g/mol. The molecule has 0 aliphatic rings. The van der Waals surface area contributed by atoms with Crippen LogP contribution in [-0.4, -0.2) is 23.0 Å². The number of amides is 1. The molecule has 21 heavy (non-hydrogen) atoms. The number of anilines is 2. The third-order valence-electron chi connectivity index (χ3n) is 3.08. The molecular formula is C15H18N4O2. The summed E-state index contributed by atoms with van der Waals surface area (Å²) in [5.74, 6) is 0.0823. The van der Waals surface area contributed by atoms with E-state index in [-0.39, 0.29) is 17.8 Å². The van der Waals surface area contributed by atoms with E-state index in [1.165, 1.54) is 7.11 Å². The molecule has 0 spiro atoms. The van der Waals surface area contributed by atoms with Crippen LogP contribution in [0.1, 0.15) is 24.1 Å². The van der Waals surface area contributed by atoms with Gasteiger partial charge in [-0.1, -0.05) is 12.1 Å². The summed E-state index contributed by atoms with van der Waals surface area (Å²) in [6.45, 7) is 3.61. The second-order valence-corrected chi connectivity index (χ2v) is 4.76. The Morgan fingerprint density at radius 3 is 2.76 bits per heavy atom. The van der Waals surface area contributed by atoms with Crippen LogP contribution in [-0.2, 0) is 4.79 Å². The van der Waals surface area contributed by atoms with Crippen LogP contribution in [0.25, 0.3) is 0 Å². The Morgan fingerprint density at radius 1 is 1.33 bits per heavy atom. The molecule has 0 fully saturated rings. The van der Waals surface area contributed by atoms with Gasteiger partial charge in [-0.2, -0.15) is 4.98 Å². The summed E-state index contributed by atoms with van der Waals surface area (Å²) in [5, 5.41) is 2.69. The van der Waals surface area contributed by atoms with Crippen LogP contribution in [0.5, 0.6) is 5.88 Å². The van der Waals surface area contributed by atoms with Gasteiger partial charge in [-0.05, 0) is 31.5 Å². The molecular weight excluding hydrogens is 268 g/mol. The van der Waals surface area contributed by atoms with E-state index in [1.54, 1.807) is 32.0 Å². The normalized spacial score (nSPS) is 11.8. The molecule has 1 heterocycles. The first-order valence-corrected chi connectivity index (χ1v) is 6.55. The van der Waals surface area contributed by atoms with Crippen LogP contribution in [0.15, 0.2) is 30.3 Å². The lowest BCUT2D eigenvalue weighted by atomic mass is 10.00. The molecule has 1 unspecified atom stereocenters. The molecule has 1 aromatic carbocycles. The second kappa shape index (κ2) is 6.21. The van der Waals surface area contributed by atoms with Crippen LogP contribution in [0.2, 0.25) is 0 Å². The van der Waals surface area contributed by atoms with Gasteiger partial charge in [0, 0.05) is 17.4 Å². The van der Waals surface area contributed by atoms with Crippen molar-refractivity contribution in [3.05, 3.63) is 41.6 Å². The number of aromatic nitrogens is 2. The van der Waals surface area contributed by atoms with Crippen molar-refractivity contribution in [3.8, 4) is 5.88 Å². The number of benzene rings is 1. The van der Waals surface area contributed by atoms with E-state index in [9.17, 15) is 4.79 Å². The lowest BCUT2D eigenvalue weighted by Crippen LogP contribution is -2.20. The van der Waals surface area contributed by atoms with Gasteiger partial charge in [0.15, 0.2) is 0 Å². The third kappa shape index (κ3) is 3.68. The summed E-state index contributed by atoms with van der Waals surface area (Å²) in [6, 6.07) is 8.93. The van der Waals surface area contributed by atoms with E-state index < -0.39 is 0 Å². The predicted octanol–water partition coefficient (Wildman–Crippen LogP) is 2.12. The minimum Gasteiger partial charge on any atom is -0.481 e. The van der Waals surface area contributed by atoms with Gasteiger partial charge in [0.25, 0.3) is 0 Å². The Morgan fingerprint density at radius 2 is 2.10 bits per heavy atom. The molecule has 0 aliphatic heterocycles. The fraction of sp³-hybridized carbons (Fsp3) is 0.267. The van der Waals surface area contributed by atoms with Gasteiger partial charge in [0.1, 0.15) is 0 Å². The van der Waals surface area contributed by atoms with Crippen molar-refractivity contribution in [1.29, 1.82) is 0 Å². The molecule has 1 atom stereocenters. The maximum atomic E-state index is 12.3. The fourth-order valence-corrected chi connectivity index (χ4v) is 1.90. The van der Waals surface area contributed by atoms with Crippen molar-refractivity contribution >= 4 is 17.5 Å². The van der Waals surface area contributed by atoms with E-state index in [4.69, 9.17) is 10.5 Å². The Labute approximate surface area is 123 Å². The first-order valence-electron chi connectivity index (χ1n) is 6.55. The number of nitrogen functional groups attached to an aromatic ring is 1. The number of rotatable bonds is 4. The largest absolute Gasteiger partial charge is 0.481 e. The highest BCUT2D eigenvalue weighted by molar-refractivity contribution is 5.94. The fourth-order valence-electron chi connectivity index (χ4n) is 1.90. The zero-order chi connectivity index (χ0) is 15.4. The maximum absolute atomic E-state index is 12.3. The van der Waals surface area contributed by atoms with Gasteiger partial charge in [-0.15, -0.1) is 0 Å². The first-order chi connectivity index (χ1) is 9.99. The standard InChI is InChI=1S/C15H18N4O2/c1-9-7-13(21-3)18-15(17-9)19-14(20)10(2)11-5-4-6-12(16)8-11/h4-8,10H,16H2,1-3H3,(H,17,18,19,20). The molecule has 0 saturated carbocycles. The van der Waals surface area contributed by atoms with Crippen molar-refractivity contribution < 1.29 is 9.53 Å². The minimum atomic E-state index is -0.358. The molecule has 1 aromatic heterocycles. The SMILES string of the molecule is COc1cc(C)nc(NC(=O)C(C)c2cccc(N)c2)n1. The molecule has 3 N–H and O–H groups in total. The Hall–Kier alpha value is -2.63. The number of aryl methyl sites for hydroxylation is 1. The number of nitrogens with two attached hydrogens (primary N) is 1. The molecule has 0 aliphatic carbocycles. The summed E-state index contributed by atoms with van der Waals surface area (Å²) in [7, 11) is 1.52. The van der Waals surface area contributed by atoms with Gasteiger partial charge in [0.05, 0.1) is 13.0 Å². The molecule has 2 rings (SSSR count). The van der Waals surface area contributed by atoms with Crippen molar-refractivity contribution in [2.75, 3.05) is 18.2 Å². The summed E-state index contributed by atoms with van der Waals surface area (Å²) >= 11 is 0. The topological polar surface area (TPSA) is 90.1 Å². The van der Waals surface area contributed by atoms with Crippen LogP contribution >= 0.6 is 0 Å². The van der Waals surface area contributed by atoms with E-state index in [0.29, 0.717) is 17.3 Å². The number of carbonyl (C=O) groups excluding carboxylic acids is 1. The quantitative estimate of drug-likeness (QED) is 0.840. The first kappa shape index (κ1) is 14.8. The molecule has 2 aromatic rings. The van der Waals surface area contributed by atoms with Crippen LogP contribution in [0, 0.1) is 6.92 Å². The second-order valence-electron chi connectivity index (χ2n) is 4.76. The zero-order valence-electron chi connectivity index (χ0n) is 12.3. The van der Waals surface area contributed by atoms with Gasteiger partial charge >= 0.3 is 0 Å². The molecule has 0 bridgehead atoms. The highest BCUT2D eigenvalue weighted by atomic mass is 16.5. The highest BCUT2D eigenvalue weighted by Crippen LogP contribution is 2.20. The number of ether oxygens (including phenoxy) is 1. The van der Waals surface area contributed by atoms with Gasteiger partial charge in [-0.3, -0.25) is 10.1 Å². The molecule has 6 nitrogen and oxygen atoms in total. The summed E-state index contributed by atoms with van der Waals surface area (Å²) in [5.41, 5.74) is 7.92. The Balaban J connectivity index is 2.16. The van der Waals surface area contributed by atoms with Crippen molar-refractivity contribution in [1.82, 2.24) is 9.97 Å². The van der Waals surface area contributed by atoms with E-state index in [2.05, 4.69) is 15.3 Å². The average molecular weight is 286 g/mol. The van der Waals surface area contributed by atoms with Crippen molar-refractivity contribution in [3.63, 3.8) is 0 Å². The zero-order valence-corrected chi connectivity index (χ0v) is 12.3. The molecule has 1 amide bonds. The van der Waals surface area contributed by atoms with Crippen LogP contribution in [0.4, 0.5) is 11.6 Å². The van der Waals surface area contributed by atoms with E-state index >= 15 is 0 Å². The van der Waals surface area contributed by atoms with E-state index in [1.807, 2.05) is 12.1 Å². The number of hydrogen-bond donors (Lipinski definition) is 2. The minimum absolute atomic E-state index is 0.201. The van der Waals surface area contributed by atoms with E-state index in [0.717, 1.165) is 5.56 Å². The summed E-state index contributed by atoms with van der Waals surface area (Å²) in [6.07, 6.45) is 0. The number of hydrogen-bond acceptors (Lipinski definition) is 5. The highest BCUT2D eigenvalue weighted by Gasteiger charge is 2.17. The van der Waals surface area contributed by atoms with Crippen LogP contribution in [0.3, 0.4) is 0 Å². The van der Waals surface area contributed by atoms with Crippen molar-refractivity contribution in [2.45, 2.75) is 19.8 Å². The average Bonchev–Trinajstić information content (AvgIpc) is 2.45. The molecule has 0 saturated heterocycles. The summed E-state index contributed by atoms with van der Waals surface area (Å²) in [4.78, 5) is 20.5. The lowest BCUT2D eigenvalue weighted by Gasteiger charge is -2.13. The predicted molar refractivity (Wildman–Crippen MR) is 81.2 cm³/mol. The number of carbonyl (C=O) groups is 1. The maximum Gasteiger partial charge on any atom is 0.233 e. The van der Waals surface area contributed by atoms with Crippen LogP contribution < -0.4 is 15.8 Å². The van der Waals surface area contributed by atoms with Gasteiger partial charge < -0.3 is 10.5 Å². The number of methoxy groups -OCH3 is 1. The van der Waals surface area contributed by atoms with Gasteiger partial charge in [0.2, 0.25) is 17.7 Å². The molecule has 0 radical (unpaired) electrons. The molecule has 110 valence electrons. The third-order valence-corrected chi connectivity index (χ3v) is 3.08.